The van der Waals surface area contributed by atoms with Gasteiger partial charge in [0.05, 0.1) is 19.3 Å². The van der Waals surface area contributed by atoms with Crippen LogP contribution in [0, 0.1) is 0 Å². The molecule has 1 aromatic rings. The van der Waals surface area contributed by atoms with Gasteiger partial charge in [-0.3, -0.25) is 0 Å². The summed E-state index contributed by atoms with van der Waals surface area (Å²) in [5, 5.41) is 3.46. The Morgan fingerprint density at radius 2 is 2.43 bits per heavy atom. The van der Waals surface area contributed by atoms with Crippen LogP contribution in [-0.2, 0) is 11.2 Å². The maximum absolute atomic E-state index is 5.42. The highest BCUT2D eigenvalue weighted by molar-refractivity contribution is 7.12. The van der Waals surface area contributed by atoms with Crippen LogP contribution in [0.5, 0.6) is 0 Å². The lowest BCUT2D eigenvalue weighted by molar-refractivity contribution is 0.0779. The number of hydrogen-bond acceptors (Lipinski definition) is 3. The SMILES string of the molecule is CCc1ccc([C@@H]2COCCN2)s1.Cl. The van der Waals surface area contributed by atoms with Crippen molar-refractivity contribution in [1.29, 1.82) is 0 Å². The van der Waals surface area contributed by atoms with Crippen molar-refractivity contribution >= 4 is 23.7 Å². The number of ether oxygens (including phenoxy) is 1. The third-order valence-corrected chi connectivity index (χ3v) is 3.64. The first-order valence-corrected chi connectivity index (χ1v) is 5.61. The molecule has 0 radical (unpaired) electrons. The van der Waals surface area contributed by atoms with E-state index in [1.54, 1.807) is 0 Å². The van der Waals surface area contributed by atoms with Gasteiger partial charge < -0.3 is 10.1 Å². The molecule has 1 aliphatic rings. The number of halogens is 1. The average molecular weight is 234 g/mol. The molecule has 4 heteroatoms. The second kappa shape index (κ2) is 5.71. The van der Waals surface area contributed by atoms with Crippen molar-refractivity contribution in [3.8, 4) is 0 Å². The van der Waals surface area contributed by atoms with E-state index in [0.29, 0.717) is 6.04 Å². The van der Waals surface area contributed by atoms with Crippen molar-refractivity contribution in [2.45, 2.75) is 19.4 Å². The Balaban J connectivity index is 0.000000980. The van der Waals surface area contributed by atoms with Crippen molar-refractivity contribution < 1.29 is 4.74 Å². The molecular weight excluding hydrogens is 218 g/mol. The van der Waals surface area contributed by atoms with E-state index in [1.807, 2.05) is 11.3 Å². The van der Waals surface area contributed by atoms with Gasteiger partial charge in [-0.1, -0.05) is 6.92 Å². The second-order valence-corrected chi connectivity index (χ2v) is 4.44. The Hall–Kier alpha value is -0.0900. The highest BCUT2D eigenvalue weighted by Gasteiger charge is 2.16. The molecule has 0 amide bonds. The van der Waals surface area contributed by atoms with E-state index in [-0.39, 0.29) is 12.4 Å². The Bertz CT molecular complexity index is 271. The largest absolute Gasteiger partial charge is 0.378 e. The summed E-state index contributed by atoms with van der Waals surface area (Å²) in [5.41, 5.74) is 0. The summed E-state index contributed by atoms with van der Waals surface area (Å²) in [4.78, 5) is 2.87. The summed E-state index contributed by atoms with van der Waals surface area (Å²) >= 11 is 1.90. The minimum absolute atomic E-state index is 0. The van der Waals surface area contributed by atoms with Crippen LogP contribution in [0.15, 0.2) is 12.1 Å². The van der Waals surface area contributed by atoms with Crippen molar-refractivity contribution in [1.82, 2.24) is 5.32 Å². The number of rotatable bonds is 2. The zero-order valence-electron chi connectivity index (χ0n) is 8.29. The van der Waals surface area contributed by atoms with Crippen molar-refractivity contribution in [3.63, 3.8) is 0 Å². The number of nitrogens with one attached hydrogen (secondary N) is 1. The van der Waals surface area contributed by atoms with Gasteiger partial charge in [-0.25, -0.2) is 0 Å². The third-order valence-electron chi connectivity index (χ3n) is 2.30. The fraction of sp³-hybridized carbons (Fsp3) is 0.600. The maximum atomic E-state index is 5.42. The molecule has 2 heterocycles. The minimum Gasteiger partial charge on any atom is -0.378 e. The second-order valence-electron chi connectivity index (χ2n) is 3.24. The van der Waals surface area contributed by atoms with Crippen molar-refractivity contribution in [2.75, 3.05) is 19.8 Å². The highest BCUT2D eigenvalue weighted by Crippen LogP contribution is 2.24. The predicted octanol–water partition coefficient (Wildman–Crippen LogP) is 2.39. The topological polar surface area (TPSA) is 21.3 Å². The maximum Gasteiger partial charge on any atom is 0.0670 e. The molecule has 1 fully saturated rings. The lowest BCUT2D eigenvalue weighted by Crippen LogP contribution is -2.33. The van der Waals surface area contributed by atoms with Crippen LogP contribution in [0.3, 0.4) is 0 Å². The van der Waals surface area contributed by atoms with Crippen LogP contribution in [-0.4, -0.2) is 19.8 Å². The van der Waals surface area contributed by atoms with E-state index in [4.69, 9.17) is 4.74 Å². The van der Waals surface area contributed by atoms with Crippen molar-refractivity contribution in [3.05, 3.63) is 21.9 Å². The molecule has 0 unspecified atom stereocenters. The van der Waals surface area contributed by atoms with Crippen LogP contribution in [0.25, 0.3) is 0 Å². The summed E-state index contributed by atoms with van der Waals surface area (Å²) in [6.07, 6.45) is 1.14. The average Bonchev–Trinajstić information content (AvgIpc) is 2.67. The van der Waals surface area contributed by atoms with Gasteiger partial charge >= 0.3 is 0 Å². The molecule has 1 N–H and O–H groups in total. The molecule has 80 valence electrons. The predicted molar refractivity (Wildman–Crippen MR) is 62.5 cm³/mol. The van der Waals surface area contributed by atoms with Gasteiger partial charge in [0.25, 0.3) is 0 Å². The van der Waals surface area contributed by atoms with Crippen LogP contribution in [0.2, 0.25) is 0 Å². The molecule has 0 bridgehead atoms. The van der Waals surface area contributed by atoms with E-state index in [1.165, 1.54) is 9.75 Å². The zero-order chi connectivity index (χ0) is 9.10. The van der Waals surface area contributed by atoms with E-state index in [2.05, 4.69) is 24.4 Å². The molecule has 0 saturated carbocycles. The Labute approximate surface area is 95.1 Å². The van der Waals surface area contributed by atoms with Crippen LogP contribution in [0.1, 0.15) is 22.7 Å². The molecule has 0 spiro atoms. The van der Waals surface area contributed by atoms with Crippen LogP contribution < -0.4 is 5.32 Å². The molecule has 2 nitrogen and oxygen atoms in total. The molecule has 0 aliphatic carbocycles. The Kier molecular flexibility index (Phi) is 4.89. The molecule has 1 saturated heterocycles. The van der Waals surface area contributed by atoms with Crippen LogP contribution in [0.4, 0.5) is 0 Å². The summed E-state index contributed by atoms with van der Waals surface area (Å²) in [6.45, 7) is 4.84. The molecule has 1 aliphatic heterocycles. The summed E-state index contributed by atoms with van der Waals surface area (Å²) in [6, 6.07) is 4.87. The number of morpholine rings is 1. The Morgan fingerprint density at radius 3 is 3.00 bits per heavy atom. The molecule has 2 rings (SSSR count). The minimum atomic E-state index is 0. The molecule has 14 heavy (non-hydrogen) atoms. The summed E-state index contributed by atoms with van der Waals surface area (Å²) in [5.74, 6) is 0. The van der Waals surface area contributed by atoms with E-state index < -0.39 is 0 Å². The summed E-state index contributed by atoms with van der Waals surface area (Å²) < 4.78 is 5.42. The molecular formula is C10H16ClNOS. The number of hydrogen-bond donors (Lipinski definition) is 1. The van der Waals surface area contributed by atoms with Gasteiger partial charge in [0.2, 0.25) is 0 Å². The molecule has 1 aromatic heterocycles. The smallest absolute Gasteiger partial charge is 0.0670 e. The van der Waals surface area contributed by atoms with Gasteiger partial charge in [0.15, 0.2) is 0 Å². The van der Waals surface area contributed by atoms with Crippen LogP contribution >= 0.6 is 23.7 Å². The first kappa shape index (κ1) is 12.0. The first-order valence-electron chi connectivity index (χ1n) is 4.80. The normalized spacial score (nSPS) is 21.6. The zero-order valence-corrected chi connectivity index (χ0v) is 9.92. The fourth-order valence-electron chi connectivity index (χ4n) is 1.52. The Morgan fingerprint density at radius 1 is 1.57 bits per heavy atom. The molecule has 1 atom stereocenters. The van der Waals surface area contributed by atoms with Crippen molar-refractivity contribution in [2.24, 2.45) is 0 Å². The fourth-order valence-corrected chi connectivity index (χ4v) is 2.53. The van der Waals surface area contributed by atoms with Gasteiger partial charge in [0, 0.05) is 16.3 Å². The lowest BCUT2D eigenvalue weighted by Gasteiger charge is -2.22. The standard InChI is InChI=1S/C10H15NOS.ClH/c1-2-8-3-4-10(13-8)9-7-12-6-5-11-9;/h3-4,9,11H,2,5-7H2,1H3;1H/t9-;/m0./s1. The van der Waals surface area contributed by atoms with Gasteiger partial charge in [-0.15, -0.1) is 23.7 Å². The highest BCUT2D eigenvalue weighted by atomic mass is 35.5. The van der Waals surface area contributed by atoms with E-state index in [9.17, 15) is 0 Å². The van der Waals surface area contributed by atoms with E-state index in [0.717, 1.165) is 26.2 Å². The first-order chi connectivity index (χ1) is 6.40. The van der Waals surface area contributed by atoms with Gasteiger partial charge in [0.1, 0.15) is 0 Å². The quantitative estimate of drug-likeness (QED) is 0.847. The number of thiophene rings is 1. The lowest BCUT2D eigenvalue weighted by atomic mass is 10.2. The van der Waals surface area contributed by atoms with E-state index >= 15 is 0 Å². The number of aryl methyl sites for hydroxylation is 1. The summed E-state index contributed by atoms with van der Waals surface area (Å²) in [7, 11) is 0. The monoisotopic (exact) mass is 233 g/mol. The van der Waals surface area contributed by atoms with Gasteiger partial charge in [-0.2, -0.15) is 0 Å². The third kappa shape index (κ3) is 2.70. The van der Waals surface area contributed by atoms with Gasteiger partial charge in [-0.05, 0) is 18.6 Å². The molecule has 0 aromatic carbocycles.